The molecule has 0 spiro atoms. The monoisotopic (exact) mass is 285 g/mol. The Kier molecular flexibility index (Phi) is 6.31. The zero-order valence-electron chi connectivity index (χ0n) is 11.5. The van der Waals surface area contributed by atoms with Crippen molar-refractivity contribution in [2.24, 2.45) is 0 Å². The van der Waals surface area contributed by atoms with Crippen molar-refractivity contribution in [3.05, 3.63) is 30.1 Å². The predicted molar refractivity (Wildman–Crippen MR) is 75.8 cm³/mol. The lowest BCUT2D eigenvalue weighted by atomic mass is 10.2. The molecule has 1 heterocycles. The summed E-state index contributed by atoms with van der Waals surface area (Å²) in [6.07, 6.45) is 0. The Morgan fingerprint density at radius 2 is 1.89 bits per heavy atom. The number of hydrogen-bond donors (Lipinski definition) is 1. The van der Waals surface area contributed by atoms with Gasteiger partial charge in [-0.25, -0.2) is 4.39 Å². The number of halogens is 1. The van der Waals surface area contributed by atoms with E-state index in [1.807, 2.05) is 44.7 Å². The van der Waals surface area contributed by atoms with E-state index in [-0.39, 0.29) is 11.4 Å². The molecule has 0 radical (unpaired) electrons. The Morgan fingerprint density at radius 1 is 1.32 bits per heavy atom. The number of thioether (sulfide) groups is 1. The summed E-state index contributed by atoms with van der Waals surface area (Å²) in [5.74, 6) is -0.161. The molecular formula is C14H20FNO2S. The molecule has 1 aromatic rings. The summed E-state index contributed by atoms with van der Waals surface area (Å²) in [4.78, 5) is 10.8. The van der Waals surface area contributed by atoms with Crippen molar-refractivity contribution in [2.45, 2.75) is 36.5 Å². The topological polar surface area (TPSA) is 38.3 Å². The largest absolute Gasteiger partial charge is 0.462 e. The maximum Gasteiger partial charge on any atom is 0.293 e. The highest BCUT2D eigenvalue weighted by atomic mass is 32.2. The number of rotatable bonds is 3. The molecule has 1 fully saturated rings. The van der Waals surface area contributed by atoms with E-state index in [0.717, 1.165) is 18.0 Å². The molecule has 1 saturated heterocycles. The van der Waals surface area contributed by atoms with Gasteiger partial charge in [-0.15, -0.1) is 11.8 Å². The number of benzene rings is 1. The third-order valence-corrected chi connectivity index (χ3v) is 3.47. The Morgan fingerprint density at radius 3 is 2.21 bits per heavy atom. The quantitative estimate of drug-likeness (QED) is 0.867. The molecule has 1 aliphatic heterocycles. The second-order valence-electron chi connectivity index (χ2n) is 5.18. The van der Waals surface area contributed by atoms with Crippen LogP contribution in [0.4, 0.5) is 4.39 Å². The van der Waals surface area contributed by atoms with Gasteiger partial charge < -0.3 is 10.1 Å². The highest BCUT2D eigenvalue weighted by Crippen LogP contribution is 2.25. The van der Waals surface area contributed by atoms with E-state index in [1.165, 1.54) is 12.1 Å². The Balaban J connectivity index is 0.000000224. The van der Waals surface area contributed by atoms with Crippen LogP contribution in [0.3, 0.4) is 0 Å². The molecule has 2 rings (SSSR count). The van der Waals surface area contributed by atoms with Crippen LogP contribution in [-0.2, 0) is 9.53 Å². The van der Waals surface area contributed by atoms with Crippen LogP contribution in [0.2, 0.25) is 0 Å². The van der Waals surface area contributed by atoms with Gasteiger partial charge in [0.05, 0.1) is 0 Å². The van der Waals surface area contributed by atoms with Crippen molar-refractivity contribution in [1.82, 2.24) is 5.32 Å². The van der Waals surface area contributed by atoms with Crippen molar-refractivity contribution in [3.63, 3.8) is 0 Å². The number of carbonyl (C=O) groups excluding carboxylic acids is 1. The smallest absolute Gasteiger partial charge is 0.293 e. The van der Waals surface area contributed by atoms with Crippen molar-refractivity contribution in [3.8, 4) is 0 Å². The van der Waals surface area contributed by atoms with Gasteiger partial charge in [0.1, 0.15) is 11.4 Å². The third kappa shape index (κ3) is 7.18. The first-order valence-electron chi connectivity index (χ1n) is 6.15. The van der Waals surface area contributed by atoms with E-state index in [1.54, 1.807) is 0 Å². The summed E-state index contributed by atoms with van der Waals surface area (Å²) in [5, 5.41) is 3.87. The second-order valence-corrected chi connectivity index (χ2v) is 6.55. The van der Waals surface area contributed by atoms with Crippen LogP contribution < -0.4 is 5.32 Å². The fourth-order valence-electron chi connectivity index (χ4n) is 1.20. The minimum Gasteiger partial charge on any atom is -0.462 e. The van der Waals surface area contributed by atoms with Gasteiger partial charge in [0.2, 0.25) is 0 Å². The summed E-state index contributed by atoms with van der Waals surface area (Å²) in [6.45, 7) is 8.06. The molecule has 1 aliphatic rings. The predicted octanol–water partition coefficient (Wildman–Crippen LogP) is 2.85. The fraction of sp³-hybridized carbons (Fsp3) is 0.500. The summed E-state index contributed by atoms with van der Waals surface area (Å²) in [7, 11) is 0. The standard InChI is InChI=1S/C9H10FNS.C5H10O2/c10-7-1-3-8(4-2-7)12-9-5-11-6-9;1-5(2,3)7-4-6/h1-4,9,11H,5-6H2;4H,1-3H3. The molecule has 0 bridgehead atoms. The molecule has 3 nitrogen and oxygen atoms in total. The lowest BCUT2D eigenvalue weighted by molar-refractivity contribution is -0.138. The number of carbonyl (C=O) groups is 1. The van der Waals surface area contributed by atoms with Crippen LogP contribution in [0.5, 0.6) is 0 Å². The lowest BCUT2D eigenvalue weighted by Crippen LogP contribution is -2.44. The Labute approximate surface area is 117 Å². The zero-order valence-corrected chi connectivity index (χ0v) is 12.3. The Hall–Kier alpha value is -1.07. The second kappa shape index (κ2) is 7.50. The Bertz CT molecular complexity index is 385. The van der Waals surface area contributed by atoms with Gasteiger partial charge in [0.15, 0.2) is 0 Å². The molecule has 1 N–H and O–H groups in total. The summed E-state index contributed by atoms with van der Waals surface area (Å²) >= 11 is 1.81. The van der Waals surface area contributed by atoms with Crippen molar-refractivity contribution < 1.29 is 13.9 Å². The first-order valence-corrected chi connectivity index (χ1v) is 7.03. The van der Waals surface area contributed by atoms with Crippen LogP contribution in [0.1, 0.15) is 20.8 Å². The van der Waals surface area contributed by atoms with Gasteiger partial charge in [0.25, 0.3) is 6.47 Å². The van der Waals surface area contributed by atoms with Crippen LogP contribution in [0.15, 0.2) is 29.2 Å². The summed E-state index contributed by atoms with van der Waals surface area (Å²) < 4.78 is 17.0. The zero-order chi connectivity index (χ0) is 14.3. The minimum atomic E-state index is -0.318. The minimum absolute atomic E-state index is 0.161. The molecule has 0 atom stereocenters. The van der Waals surface area contributed by atoms with Crippen LogP contribution in [0, 0.1) is 5.82 Å². The summed E-state index contributed by atoms with van der Waals surface area (Å²) in [6, 6.07) is 6.68. The molecule has 0 saturated carbocycles. The lowest BCUT2D eigenvalue weighted by Gasteiger charge is -2.26. The van der Waals surface area contributed by atoms with Crippen LogP contribution >= 0.6 is 11.8 Å². The molecular weight excluding hydrogens is 265 g/mol. The first kappa shape index (κ1) is 16.0. The molecule has 0 amide bonds. The molecule has 0 aliphatic carbocycles. The van der Waals surface area contributed by atoms with Gasteiger partial charge in [-0.3, -0.25) is 4.79 Å². The average Bonchev–Trinajstić information content (AvgIpc) is 2.25. The van der Waals surface area contributed by atoms with E-state index in [4.69, 9.17) is 0 Å². The number of nitrogens with one attached hydrogen (secondary N) is 1. The highest BCUT2D eigenvalue weighted by Gasteiger charge is 2.17. The van der Waals surface area contributed by atoms with Crippen LogP contribution in [0.25, 0.3) is 0 Å². The maximum atomic E-state index is 12.5. The molecule has 0 unspecified atom stereocenters. The highest BCUT2D eigenvalue weighted by molar-refractivity contribution is 8.00. The third-order valence-electron chi connectivity index (χ3n) is 2.26. The summed E-state index contributed by atoms with van der Waals surface area (Å²) in [5.41, 5.74) is -0.318. The molecule has 5 heteroatoms. The van der Waals surface area contributed by atoms with Crippen LogP contribution in [-0.4, -0.2) is 30.4 Å². The fourth-order valence-corrected chi connectivity index (χ4v) is 2.28. The van der Waals surface area contributed by atoms with E-state index in [2.05, 4.69) is 10.1 Å². The van der Waals surface area contributed by atoms with E-state index in [9.17, 15) is 9.18 Å². The van der Waals surface area contributed by atoms with E-state index < -0.39 is 0 Å². The molecule has 0 aromatic heterocycles. The van der Waals surface area contributed by atoms with Crippen molar-refractivity contribution in [1.29, 1.82) is 0 Å². The molecule has 19 heavy (non-hydrogen) atoms. The average molecular weight is 285 g/mol. The normalized spacial score (nSPS) is 14.9. The SMILES string of the molecule is CC(C)(C)OC=O.Fc1ccc(SC2CNC2)cc1. The van der Waals surface area contributed by atoms with Gasteiger partial charge in [-0.05, 0) is 45.0 Å². The number of hydrogen-bond acceptors (Lipinski definition) is 4. The number of ether oxygens (including phenoxy) is 1. The first-order chi connectivity index (χ1) is 8.90. The van der Waals surface area contributed by atoms with Gasteiger partial charge >= 0.3 is 0 Å². The molecule has 106 valence electrons. The molecule has 1 aromatic carbocycles. The van der Waals surface area contributed by atoms with Gasteiger partial charge in [-0.1, -0.05) is 0 Å². The van der Waals surface area contributed by atoms with E-state index in [0.29, 0.717) is 11.7 Å². The van der Waals surface area contributed by atoms with Gasteiger partial charge in [0, 0.05) is 23.2 Å². The van der Waals surface area contributed by atoms with Crippen molar-refractivity contribution in [2.75, 3.05) is 13.1 Å². The van der Waals surface area contributed by atoms with Crippen molar-refractivity contribution >= 4 is 18.2 Å². The van der Waals surface area contributed by atoms with E-state index >= 15 is 0 Å². The maximum absolute atomic E-state index is 12.5. The van der Waals surface area contributed by atoms with Gasteiger partial charge in [-0.2, -0.15) is 0 Å².